The Kier molecular flexibility index (Phi) is 5.33. The molecule has 0 radical (unpaired) electrons. The van der Waals surface area contributed by atoms with Gasteiger partial charge < -0.3 is 4.74 Å². The van der Waals surface area contributed by atoms with Crippen LogP contribution in [0, 0.1) is 9.09 Å². The Hall–Kier alpha value is -1.29. The number of thiophene rings is 1. The van der Waals surface area contributed by atoms with Gasteiger partial charge in [0, 0.05) is 17.6 Å². The molecule has 2 aromatic rings. The quantitative estimate of drug-likeness (QED) is 0.567. The Morgan fingerprint density at radius 1 is 1.54 bits per heavy atom. The number of carbonyl (C=O) groups excluding carboxylic acids is 1. The zero-order valence-corrected chi connectivity index (χ0v) is 15.8. The Morgan fingerprint density at radius 2 is 2.33 bits per heavy atom. The number of esters is 1. The molecule has 10 heteroatoms. The van der Waals surface area contributed by atoms with Crippen LogP contribution < -0.4 is 4.80 Å². The second-order valence-corrected chi connectivity index (χ2v) is 7.88. The maximum atomic E-state index is 14.3. The molecular weight excluding hydrogens is 393 g/mol. The van der Waals surface area contributed by atoms with Crippen molar-refractivity contribution in [3.8, 4) is 0 Å². The third-order valence-corrected chi connectivity index (χ3v) is 6.04. The second kappa shape index (κ2) is 7.30. The average molecular weight is 406 g/mol. The fraction of sp³-hybridized carbons (Fsp3) is 0.357. The number of fused-ring (bicyclic) bond motifs is 1. The Morgan fingerprint density at radius 3 is 3.08 bits per heavy atom. The fourth-order valence-electron chi connectivity index (χ4n) is 2.23. The number of allylic oxidation sites excluding steroid dienone is 1. The van der Waals surface area contributed by atoms with Crippen molar-refractivity contribution < 1.29 is 13.9 Å². The highest BCUT2D eigenvalue weighted by molar-refractivity contribution is 7.73. The maximum Gasteiger partial charge on any atom is 0.311 e. The lowest BCUT2D eigenvalue weighted by molar-refractivity contribution is -0.142. The SMILES string of the molecule is CCOC(=O)Cc1sc(F)c(N=c2sc(=S)n3n2CCC=C3)c1Cl. The lowest BCUT2D eigenvalue weighted by Crippen LogP contribution is -2.22. The van der Waals surface area contributed by atoms with Crippen molar-refractivity contribution in [2.24, 2.45) is 4.99 Å². The second-order valence-electron chi connectivity index (χ2n) is 4.85. The van der Waals surface area contributed by atoms with Crippen LogP contribution in [0.3, 0.4) is 0 Å². The minimum atomic E-state index is -0.524. The summed E-state index contributed by atoms with van der Waals surface area (Å²) in [7, 11) is 0. The molecule has 2 aromatic heterocycles. The number of ether oxygens (including phenoxy) is 1. The predicted molar refractivity (Wildman–Crippen MR) is 95.9 cm³/mol. The van der Waals surface area contributed by atoms with E-state index in [-0.39, 0.29) is 23.7 Å². The molecule has 128 valence electrons. The highest BCUT2D eigenvalue weighted by Gasteiger charge is 2.20. The van der Waals surface area contributed by atoms with Crippen molar-refractivity contribution in [1.82, 2.24) is 9.36 Å². The van der Waals surface area contributed by atoms with Gasteiger partial charge in [-0.25, -0.2) is 9.67 Å². The van der Waals surface area contributed by atoms with Gasteiger partial charge in [0.15, 0.2) is 3.95 Å². The monoisotopic (exact) mass is 405 g/mol. The van der Waals surface area contributed by atoms with E-state index < -0.39 is 11.1 Å². The van der Waals surface area contributed by atoms with Crippen molar-refractivity contribution in [3.63, 3.8) is 0 Å². The summed E-state index contributed by atoms with van der Waals surface area (Å²) < 4.78 is 23.5. The maximum absolute atomic E-state index is 14.3. The third-order valence-electron chi connectivity index (χ3n) is 3.27. The van der Waals surface area contributed by atoms with Crippen LogP contribution >= 0.6 is 46.5 Å². The van der Waals surface area contributed by atoms with E-state index in [1.165, 1.54) is 11.3 Å². The van der Waals surface area contributed by atoms with Crippen molar-refractivity contribution in [1.29, 1.82) is 0 Å². The van der Waals surface area contributed by atoms with Gasteiger partial charge in [-0.3, -0.25) is 9.48 Å². The number of carbonyl (C=O) groups is 1. The third kappa shape index (κ3) is 3.39. The first kappa shape index (κ1) is 17.5. The molecule has 1 aliphatic rings. The molecule has 0 amide bonds. The van der Waals surface area contributed by atoms with E-state index in [4.69, 9.17) is 28.6 Å². The smallest absolute Gasteiger partial charge is 0.311 e. The largest absolute Gasteiger partial charge is 0.466 e. The summed E-state index contributed by atoms with van der Waals surface area (Å²) in [6, 6.07) is 0. The number of halogens is 2. The molecule has 3 heterocycles. The van der Waals surface area contributed by atoms with Crippen LogP contribution in [-0.4, -0.2) is 21.9 Å². The molecular formula is C14H13ClFN3O2S3. The van der Waals surface area contributed by atoms with Gasteiger partial charge in [0.05, 0.1) is 18.1 Å². The summed E-state index contributed by atoms with van der Waals surface area (Å²) in [5.41, 5.74) is 0.0441. The number of hydrogen-bond acceptors (Lipinski definition) is 6. The summed E-state index contributed by atoms with van der Waals surface area (Å²) in [5.74, 6) is -0.441. The van der Waals surface area contributed by atoms with Crippen LogP contribution in [-0.2, 0) is 22.5 Å². The average Bonchev–Trinajstić information content (AvgIpc) is 3.00. The van der Waals surface area contributed by atoms with E-state index in [9.17, 15) is 9.18 Å². The van der Waals surface area contributed by atoms with Crippen molar-refractivity contribution in [2.75, 3.05) is 6.61 Å². The van der Waals surface area contributed by atoms with E-state index in [0.717, 1.165) is 17.8 Å². The topological polar surface area (TPSA) is 48.5 Å². The lowest BCUT2D eigenvalue weighted by atomic mass is 10.3. The zero-order valence-electron chi connectivity index (χ0n) is 12.6. The van der Waals surface area contributed by atoms with Crippen LogP contribution in [0.25, 0.3) is 6.20 Å². The summed E-state index contributed by atoms with van der Waals surface area (Å²) in [6.45, 7) is 2.69. The first-order chi connectivity index (χ1) is 11.5. The molecule has 0 unspecified atom stereocenters. The first-order valence-electron chi connectivity index (χ1n) is 7.17. The van der Waals surface area contributed by atoms with Crippen LogP contribution in [0.15, 0.2) is 11.1 Å². The van der Waals surface area contributed by atoms with Crippen LogP contribution in [0.5, 0.6) is 0 Å². The molecule has 0 aliphatic carbocycles. The van der Waals surface area contributed by atoms with E-state index in [0.29, 0.717) is 20.2 Å². The van der Waals surface area contributed by atoms with Crippen molar-refractivity contribution >= 4 is 64.3 Å². The van der Waals surface area contributed by atoms with Gasteiger partial charge in [-0.15, -0.1) is 11.3 Å². The molecule has 0 fully saturated rings. The van der Waals surface area contributed by atoms with Gasteiger partial charge >= 0.3 is 5.97 Å². The predicted octanol–water partition coefficient (Wildman–Crippen LogP) is 4.15. The lowest BCUT2D eigenvalue weighted by Gasteiger charge is -2.10. The normalized spacial score (nSPS) is 14.0. The van der Waals surface area contributed by atoms with Crippen LogP contribution in [0.4, 0.5) is 10.1 Å². The molecule has 0 saturated carbocycles. The van der Waals surface area contributed by atoms with Gasteiger partial charge in [0.1, 0.15) is 5.69 Å². The summed E-state index contributed by atoms with van der Waals surface area (Å²) in [4.78, 5) is 16.9. The van der Waals surface area contributed by atoms with E-state index in [1.807, 2.05) is 17.0 Å². The van der Waals surface area contributed by atoms with Gasteiger partial charge in [0.25, 0.3) is 0 Å². The van der Waals surface area contributed by atoms with Crippen molar-refractivity contribution in [3.05, 3.63) is 29.9 Å². The number of rotatable bonds is 4. The molecule has 0 N–H and O–H groups in total. The van der Waals surface area contributed by atoms with Gasteiger partial charge in [-0.2, -0.15) is 4.39 Å². The summed E-state index contributed by atoms with van der Waals surface area (Å²) >= 11 is 13.6. The Balaban J connectivity index is 2.03. The molecule has 0 atom stereocenters. The van der Waals surface area contributed by atoms with E-state index in [2.05, 4.69) is 4.99 Å². The standard InChI is InChI=1S/C14H13ClFN3O2S3/c1-2-21-9(20)7-8-10(15)11(12(16)23-8)17-13-18-5-3-4-6-19(18)14(22)24-13/h4,6H,2-3,5,7H2,1H3. The Labute approximate surface area is 155 Å². The minimum absolute atomic E-state index is 0.0441. The summed E-state index contributed by atoms with van der Waals surface area (Å²) in [6.07, 6.45) is 4.68. The molecule has 24 heavy (non-hydrogen) atoms. The van der Waals surface area contributed by atoms with Crippen LogP contribution in [0.1, 0.15) is 18.2 Å². The number of hydrogen-bond donors (Lipinski definition) is 0. The van der Waals surface area contributed by atoms with Gasteiger partial charge in [-0.05, 0) is 25.6 Å². The number of aromatic nitrogens is 2. The van der Waals surface area contributed by atoms with Crippen LogP contribution in [0.2, 0.25) is 5.02 Å². The van der Waals surface area contributed by atoms with E-state index >= 15 is 0 Å². The minimum Gasteiger partial charge on any atom is -0.466 e. The molecule has 0 spiro atoms. The van der Waals surface area contributed by atoms with Crippen molar-refractivity contribution in [2.45, 2.75) is 26.3 Å². The number of nitrogens with zero attached hydrogens (tertiary/aromatic N) is 3. The highest BCUT2D eigenvalue weighted by atomic mass is 35.5. The summed E-state index contributed by atoms with van der Waals surface area (Å²) in [5, 5.41) is -0.375. The molecule has 0 saturated heterocycles. The molecule has 0 aromatic carbocycles. The highest BCUT2D eigenvalue weighted by Crippen LogP contribution is 2.38. The molecule has 1 aliphatic heterocycles. The Bertz CT molecular complexity index is 938. The zero-order chi connectivity index (χ0) is 17.3. The molecule has 3 rings (SSSR count). The fourth-order valence-corrected chi connectivity index (χ4v) is 4.64. The van der Waals surface area contributed by atoms with Gasteiger partial charge in [-0.1, -0.05) is 29.0 Å². The van der Waals surface area contributed by atoms with E-state index in [1.54, 1.807) is 11.6 Å². The molecule has 0 bridgehead atoms. The first-order valence-corrected chi connectivity index (χ1v) is 9.59. The molecule has 5 nitrogen and oxygen atoms in total. The van der Waals surface area contributed by atoms with Gasteiger partial charge in [0.2, 0.25) is 9.93 Å².